The molecule has 146 valence electrons. The van der Waals surface area contributed by atoms with Gasteiger partial charge >= 0.3 is 12.1 Å². The summed E-state index contributed by atoms with van der Waals surface area (Å²) in [6.07, 6.45) is -1.14. The van der Waals surface area contributed by atoms with E-state index in [2.05, 4.69) is 20.4 Å². The molecule has 27 heavy (non-hydrogen) atoms. The lowest BCUT2D eigenvalue weighted by atomic mass is 10.2. The lowest BCUT2D eigenvalue weighted by Gasteiger charge is -2.13. The fourth-order valence-electron chi connectivity index (χ4n) is 2.06. The van der Waals surface area contributed by atoms with Gasteiger partial charge in [-0.3, -0.25) is 0 Å². The summed E-state index contributed by atoms with van der Waals surface area (Å²) in [6, 6.07) is 2.21. The summed E-state index contributed by atoms with van der Waals surface area (Å²) < 4.78 is 45.5. The number of pyridine rings is 1. The fourth-order valence-corrected chi connectivity index (χ4v) is 2.06. The van der Waals surface area contributed by atoms with E-state index in [0.717, 1.165) is 12.1 Å². The van der Waals surface area contributed by atoms with Crippen LogP contribution in [-0.2, 0) is 15.7 Å². The number of aromatic nitrogens is 4. The van der Waals surface area contributed by atoms with E-state index in [-0.39, 0.29) is 29.4 Å². The Kier molecular flexibility index (Phi) is 6.19. The van der Waals surface area contributed by atoms with Gasteiger partial charge in [0.15, 0.2) is 5.82 Å². The Bertz CT molecular complexity index is 828. The molecule has 2 heterocycles. The molecule has 0 aliphatic heterocycles. The highest BCUT2D eigenvalue weighted by molar-refractivity contribution is 5.85. The molecule has 10 heteroatoms. The van der Waals surface area contributed by atoms with Crippen molar-refractivity contribution in [1.29, 1.82) is 0 Å². The molecule has 7 nitrogen and oxygen atoms in total. The zero-order chi connectivity index (χ0) is 20.2. The predicted molar refractivity (Wildman–Crippen MR) is 93.6 cm³/mol. The van der Waals surface area contributed by atoms with E-state index in [1.165, 1.54) is 23.3 Å². The number of alkyl halides is 3. The van der Waals surface area contributed by atoms with Crippen molar-refractivity contribution in [2.45, 2.75) is 46.0 Å². The summed E-state index contributed by atoms with van der Waals surface area (Å²) in [5.74, 6) is -0.424. The Morgan fingerprint density at radius 3 is 2.56 bits per heavy atom. The number of rotatable bonds is 6. The van der Waals surface area contributed by atoms with Gasteiger partial charge in [-0.15, -0.1) is 5.10 Å². The molecule has 0 aromatic carbocycles. The Morgan fingerprint density at radius 2 is 1.96 bits per heavy atom. The van der Waals surface area contributed by atoms with Crippen LogP contribution in [0.25, 0.3) is 17.6 Å². The summed E-state index contributed by atoms with van der Waals surface area (Å²) in [5.41, 5.74) is -0.895. The molecule has 1 N–H and O–H groups in total. The number of nitrogens with one attached hydrogen (secondary N) is 1. The lowest BCUT2D eigenvalue weighted by molar-refractivity contribution is -0.142. The molecule has 2 aromatic heterocycles. The maximum Gasteiger partial charge on any atom is 0.433 e. The SMILES string of the molecule is CC(C)Nc1cc(-c2ncn(/C=C\C(=O)OC(C)C)n2)cc(C(F)(F)F)n1. The molecule has 0 bridgehead atoms. The third kappa shape index (κ3) is 6.08. The van der Waals surface area contributed by atoms with Gasteiger partial charge < -0.3 is 10.1 Å². The first-order chi connectivity index (χ1) is 12.5. The maximum absolute atomic E-state index is 13.1. The van der Waals surface area contributed by atoms with Crippen LogP contribution in [0.2, 0.25) is 0 Å². The number of hydrogen-bond donors (Lipinski definition) is 1. The summed E-state index contributed by atoms with van der Waals surface area (Å²) in [4.78, 5) is 19.1. The topological polar surface area (TPSA) is 81.9 Å². The zero-order valence-corrected chi connectivity index (χ0v) is 15.3. The standard InChI is InChI=1S/C17H20F3N5O2/c1-10(2)22-14-8-12(7-13(23-14)17(18,19)20)16-21-9-25(24-16)6-5-15(26)27-11(3)4/h5-11H,1-4H3,(H,22,23)/b6-5-. The molecule has 0 radical (unpaired) electrons. The number of carbonyl (C=O) groups is 1. The van der Waals surface area contributed by atoms with E-state index in [4.69, 9.17) is 4.74 Å². The van der Waals surface area contributed by atoms with Gasteiger partial charge in [-0.25, -0.2) is 19.4 Å². The Labute approximate surface area is 154 Å². The van der Waals surface area contributed by atoms with E-state index in [9.17, 15) is 18.0 Å². The number of esters is 1. The van der Waals surface area contributed by atoms with E-state index in [1.54, 1.807) is 27.7 Å². The van der Waals surface area contributed by atoms with Gasteiger partial charge in [0.2, 0.25) is 0 Å². The second kappa shape index (κ2) is 8.19. The van der Waals surface area contributed by atoms with E-state index in [1.807, 2.05) is 0 Å². The van der Waals surface area contributed by atoms with Crippen molar-refractivity contribution in [3.05, 3.63) is 30.2 Å². The van der Waals surface area contributed by atoms with Crippen LogP contribution in [-0.4, -0.2) is 37.9 Å². The largest absolute Gasteiger partial charge is 0.460 e. The van der Waals surface area contributed by atoms with Crippen molar-refractivity contribution in [2.75, 3.05) is 5.32 Å². The molecule has 0 saturated carbocycles. The van der Waals surface area contributed by atoms with Gasteiger partial charge in [-0.1, -0.05) is 0 Å². The molecule has 0 fully saturated rings. The molecular weight excluding hydrogens is 363 g/mol. The molecule has 0 saturated heterocycles. The number of ether oxygens (including phenoxy) is 1. The molecule has 2 aromatic rings. The highest BCUT2D eigenvalue weighted by Crippen LogP contribution is 2.31. The van der Waals surface area contributed by atoms with Crippen LogP contribution in [0.3, 0.4) is 0 Å². The van der Waals surface area contributed by atoms with Crippen molar-refractivity contribution in [3.8, 4) is 11.4 Å². The molecular formula is C17H20F3N5O2. The normalized spacial score (nSPS) is 12.2. The average Bonchev–Trinajstić information content (AvgIpc) is 2.99. The Hall–Kier alpha value is -2.91. The molecule has 0 amide bonds. The van der Waals surface area contributed by atoms with Crippen LogP contribution in [0.5, 0.6) is 0 Å². The van der Waals surface area contributed by atoms with Crippen molar-refractivity contribution in [3.63, 3.8) is 0 Å². The van der Waals surface area contributed by atoms with Gasteiger partial charge in [-0.2, -0.15) is 13.2 Å². The molecule has 0 atom stereocenters. The van der Waals surface area contributed by atoms with Crippen molar-refractivity contribution < 1.29 is 22.7 Å². The van der Waals surface area contributed by atoms with Crippen LogP contribution >= 0.6 is 0 Å². The fraction of sp³-hybridized carbons (Fsp3) is 0.412. The van der Waals surface area contributed by atoms with Crippen LogP contribution in [0, 0.1) is 0 Å². The van der Waals surface area contributed by atoms with Crippen molar-refractivity contribution >= 4 is 18.0 Å². The van der Waals surface area contributed by atoms with E-state index in [0.29, 0.717) is 0 Å². The zero-order valence-electron chi connectivity index (χ0n) is 15.3. The average molecular weight is 383 g/mol. The monoisotopic (exact) mass is 383 g/mol. The molecule has 0 unspecified atom stereocenters. The second-order valence-electron chi connectivity index (χ2n) is 6.27. The molecule has 0 aliphatic carbocycles. The summed E-state index contributed by atoms with van der Waals surface area (Å²) in [6.45, 7) is 7.00. The van der Waals surface area contributed by atoms with Crippen LogP contribution in [0.1, 0.15) is 33.4 Å². The number of hydrogen-bond acceptors (Lipinski definition) is 6. The molecule has 0 spiro atoms. The maximum atomic E-state index is 13.1. The highest BCUT2D eigenvalue weighted by Gasteiger charge is 2.33. The first-order valence-electron chi connectivity index (χ1n) is 8.20. The number of halogens is 3. The van der Waals surface area contributed by atoms with Crippen molar-refractivity contribution in [1.82, 2.24) is 19.7 Å². The summed E-state index contributed by atoms with van der Waals surface area (Å²) in [7, 11) is 0. The van der Waals surface area contributed by atoms with E-state index >= 15 is 0 Å². The van der Waals surface area contributed by atoms with Gasteiger partial charge in [0, 0.05) is 23.9 Å². The van der Waals surface area contributed by atoms with Crippen LogP contribution in [0.15, 0.2) is 24.5 Å². The summed E-state index contributed by atoms with van der Waals surface area (Å²) in [5, 5.41) is 6.91. The minimum atomic E-state index is -4.60. The molecule has 0 aliphatic rings. The molecule has 2 rings (SSSR count). The first kappa shape index (κ1) is 20.4. The number of nitrogens with zero attached hydrogens (tertiary/aromatic N) is 4. The number of carbonyl (C=O) groups excluding carboxylic acids is 1. The van der Waals surface area contributed by atoms with Gasteiger partial charge in [0.1, 0.15) is 17.8 Å². The Balaban J connectivity index is 2.31. The van der Waals surface area contributed by atoms with Gasteiger partial charge in [0.05, 0.1) is 6.10 Å². The minimum Gasteiger partial charge on any atom is -0.460 e. The quantitative estimate of drug-likeness (QED) is 0.606. The lowest BCUT2D eigenvalue weighted by Crippen LogP contribution is -2.15. The third-order valence-electron chi connectivity index (χ3n) is 3.03. The highest BCUT2D eigenvalue weighted by atomic mass is 19.4. The van der Waals surface area contributed by atoms with Gasteiger partial charge in [0.25, 0.3) is 0 Å². The van der Waals surface area contributed by atoms with Gasteiger partial charge in [-0.05, 0) is 39.8 Å². The van der Waals surface area contributed by atoms with Crippen LogP contribution in [0.4, 0.5) is 19.0 Å². The first-order valence-corrected chi connectivity index (χ1v) is 8.20. The third-order valence-corrected chi connectivity index (χ3v) is 3.03. The smallest absolute Gasteiger partial charge is 0.433 e. The second-order valence-corrected chi connectivity index (χ2v) is 6.27. The minimum absolute atomic E-state index is 0.0663. The van der Waals surface area contributed by atoms with E-state index < -0.39 is 17.8 Å². The van der Waals surface area contributed by atoms with Crippen LogP contribution < -0.4 is 5.32 Å². The number of anilines is 1. The van der Waals surface area contributed by atoms with Crippen molar-refractivity contribution in [2.24, 2.45) is 0 Å². The summed E-state index contributed by atoms with van der Waals surface area (Å²) >= 11 is 0. The predicted octanol–water partition coefficient (Wildman–Crippen LogP) is 3.60. The Morgan fingerprint density at radius 1 is 1.26 bits per heavy atom.